The molecule has 34 heteroatoms. The fourth-order valence-electron chi connectivity index (χ4n) is 2.05. The van der Waals surface area contributed by atoms with Crippen molar-refractivity contribution >= 4 is 15.9 Å². The number of hydrogen-bond acceptors (Lipinski definition) is 1. The molecule has 0 radical (unpaired) electrons. The predicted molar refractivity (Wildman–Crippen MR) is 84.5 cm³/mol. The fourth-order valence-corrected chi connectivity index (χ4v) is 2.30. The van der Waals surface area contributed by atoms with E-state index in [-0.39, 0.29) is 0 Å². The van der Waals surface area contributed by atoms with Gasteiger partial charge in [0.05, 0.1) is 0 Å². The molecule has 0 atom stereocenters. The molecule has 0 aromatic carbocycles. The van der Waals surface area contributed by atoms with Gasteiger partial charge in [-0.15, -0.1) is 0 Å². The van der Waals surface area contributed by atoms with Crippen LogP contribution in [0.15, 0.2) is 0 Å². The average Bonchev–Trinajstić information content (AvgIpc) is 2.74. The van der Waals surface area contributed by atoms with Gasteiger partial charge in [0.2, 0.25) is 0 Å². The molecule has 0 spiro atoms. The molecule has 0 saturated heterocycles. The quantitative estimate of drug-likeness (QED) is 0.127. The van der Waals surface area contributed by atoms with Crippen LogP contribution in [0.5, 0.6) is 0 Å². The van der Waals surface area contributed by atoms with Crippen LogP contribution in [0.25, 0.3) is 0 Å². The van der Waals surface area contributed by atoms with Gasteiger partial charge in [0, 0.05) is 0 Å². The second-order valence-corrected chi connectivity index (χ2v) is 8.89. The van der Waals surface area contributed by atoms with E-state index in [0.29, 0.717) is 15.9 Å². The molecule has 0 saturated carbocycles. The Balaban J connectivity index is 0. The number of alkyl halides is 33. The van der Waals surface area contributed by atoms with E-state index in [1.54, 1.807) is 0 Å². The van der Waals surface area contributed by atoms with E-state index in [0.717, 1.165) is 0 Å². The number of halogens is 33. The molecule has 0 N–H and O–H groups in total. The lowest BCUT2D eigenvalue weighted by Gasteiger charge is -2.42. The Hall–Kier alpha value is -1.80. The van der Waals surface area contributed by atoms with Gasteiger partial charge in [-0.3, -0.25) is 0 Å². The van der Waals surface area contributed by atoms with Crippen molar-refractivity contribution in [2.45, 2.75) is 83.2 Å². The zero-order valence-electron chi connectivity index (χ0n) is 19.9. The van der Waals surface area contributed by atoms with Crippen LogP contribution < -0.4 is 0 Å². The van der Waals surface area contributed by atoms with Crippen molar-refractivity contribution in [2.24, 2.45) is 0 Å². The molecule has 0 aliphatic carbocycles. The lowest BCUT2D eigenvalue weighted by Crippen LogP contribution is -2.74. The molecule has 0 unspecified atom stereocenters. The van der Waals surface area contributed by atoms with Gasteiger partial charge in [0.1, 0.15) is 0 Å². The highest BCUT2D eigenvalue weighted by molar-refractivity contribution is 9.10. The average molecular weight is 870 g/mol. The summed E-state index contributed by atoms with van der Waals surface area (Å²) in [5, 5.41) is 0. The Morgan fingerprint density at radius 1 is 0.229 bits per heavy atom. The Morgan fingerprint density at radius 2 is 0.396 bits per heavy atom. The predicted octanol–water partition coefficient (Wildman–Crippen LogP) is 11.1. The summed E-state index contributed by atoms with van der Waals surface area (Å²) in [5.74, 6) is -49.6. The SMILES string of the molecule is FC(F)(F)C(F)(F)C(F)(F)C(F)(F)C(F)(F)C(F)(F)C(F)(F)C(F)(F)Br.FC(F)(F)C(F)(F)N(C(F)(F)C(F)(F)F)C(F)(F)C(F)(F)F. The Labute approximate surface area is 245 Å². The molecule has 0 heterocycles. The first-order valence-corrected chi connectivity index (χ1v) is 10.2. The van der Waals surface area contributed by atoms with Gasteiger partial charge in [-0.05, 0) is 15.9 Å². The van der Waals surface area contributed by atoms with Crippen molar-refractivity contribution < 1.29 is 140 Å². The summed E-state index contributed by atoms with van der Waals surface area (Å²) >= 11 is 0.360. The second kappa shape index (κ2) is 12.2. The lowest BCUT2D eigenvalue weighted by molar-refractivity contribution is -0.507. The van der Waals surface area contributed by atoms with Gasteiger partial charge in [-0.1, -0.05) is 4.90 Å². The first-order chi connectivity index (χ1) is 19.9. The number of rotatable bonds is 9. The molecule has 1 nitrogen and oxygen atoms in total. The normalized spacial score (nSPS) is 16.6. The lowest BCUT2D eigenvalue weighted by atomic mass is 9.91. The van der Waals surface area contributed by atoms with Gasteiger partial charge < -0.3 is 0 Å². The standard InChI is InChI=1S/C8BrF17.C6F15N/c9-7(22,23)5(18,19)3(14,15)1(10,11)2(12,13)4(16,17)6(20,21)8(24,25)26;7-1(8,9)4(16,17)22(5(18,19)2(10,11)12)6(20,21)3(13,14)15. The van der Waals surface area contributed by atoms with Crippen molar-refractivity contribution in [1.82, 2.24) is 4.90 Å². The molecular weight excluding hydrogens is 870 g/mol. The zero-order chi connectivity index (χ0) is 40.6. The maximum Gasteiger partial charge on any atom is 0.469 e. The van der Waals surface area contributed by atoms with Crippen molar-refractivity contribution in [3.05, 3.63) is 0 Å². The minimum Gasteiger partial charge on any atom is -0.192 e. The minimum atomic E-state index is -8.58. The van der Waals surface area contributed by atoms with E-state index in [1.165, 1.54) is 0 Å². The fraction of sp³-hybridized carbons (Fsp3) is 1.00. The summed E-state index contributed by atoms with van der Waals surface area (Å²) in [6, 6.07) is -23.6. The first kappa shape index (κ1) is 48.3. The highest BCUT2D eigenvalue weighted by Crippen LogP contribution is 2.64. The molecule has 0 aliphatic rings. The van der Waals surface area contributed by atoms with E-state index in [2.05, 4.69) is 0 Å². The van der Waals surface area contributed by atoms with Crippen LogP contribution in [0.1, 0.15) is 0 Å². The summed E-state index contributed by atoms with van der Waals surface area (Å²) in [7, 11) is 0. The first-order valence-electron chi connectivity index (χ1n) is 9.41. The van der Waals surface area contributed by atoms with Gasteiger partial charge >= 0.3 is 83.2 Å². The van der Waals surface area contributed by atoms with Crippen molar-refractivity contribution in [3.8, 4) is 0 Å². The van der Waals surface area contributed by atoms with Crippen LogP contribution in [0.3, 0.4) is 0 Å². The molecule has 0 bridgehead atoms. The van der Waals surface area contributed by atoms with Crippen LogP contribution in [0.2, 0.25) is 0 Å². The molecular formula is C14BrF32N. The third-order valence-corrected chi connectivity index (χ3v) is 5.05. The van der Waals surface area contributed by atoms with E-state index in [9.17, 15) is 140 Å². The maximum atomic E-state index is 12.9. The summed E-state index contributed by atoms with van der Waals surface area (Å²) < 4.78 is 393. The summed E-state index contributed by atoms with van der Waals surface area (Å²) in [5.41, 5.74) is 0. The van der Waals surface area contributed by atoms with Crippen LogP contribution in [-0.2, 0) is 0 Å². The molecule has 0 aliphatic heterocycles. The smallest absolute Gasteiger partial charge is 0.192 e. The van der Waals surface area contributed by atoms with E-state index in [4.69, 9.17) is 0 Å². The number of hydrogen-bond donors (Lipinski definition) is 0. The summed E-state index contributed by atoms with van der Waals surface area (Å²) in [6.07, 6.45) is -30.5. The van der Waals surface area contributed by atoms with Gasteiger partial charge in [0.25, 0.3) is 0 Å². The van der Waals surface area contributed by atoms with Crippen molar-refractivity contribution in [3.63, 3.8) is 0 Å². The van der Waals surface area contributed by atoms with Crippen molar-refractivity contribution in [2.75, 3.05) is 0 Å². The van der Waals surface area contributed by atoms with Gasteiger partial charge in [0.15, 0.2) is 0 Å². The molecule has 0 rings (SSSR count). The van der Waals surface area contributed by atoms with Crippen LogP contribution >= 0.6 is 15.9 Å². The Bertz CT molecular complexity index is 982. The van der Waals surface area contributed by atoms with E-state index in [1.807, 2.05) is 0 Å². The molecule has 48 heavy (non-hydrogen) atoms. The largest absolute Gasteiger partial charge is 0.469 e. The second-order valence-electron chi connectivity index (χ2n) is 7.89. The third-order valence-electron chi connectivity index (χ3n) is 4.55. The minimum absolute atomic E-state index is 0.360. The molecule has 0 aromatic heterocycles. The summed E-state index contributed by atoms with van der Waals surface area (Å²) in [6.45, 7) is 0. The van der Waals surface area contributed by atoms with Crippen LogP contribution in [0.4, 0.5) is 140 Å². The van der Waals surface area contributed by atoms with Gasteiger partial charge in [-0.2, -0.15) is 140 Å². The molecule has 0 fully saturated rings. The van der Waals surface area contributed by atoms with Crippen LogP contribution in [0, 0.1) is 0 Å². The molecule has 0 amide bonds. The Morgan fingerprint density at radius 3 is 0.542 bits per heavy atom. The topological polar surface area (TPSA) is 3.24 Å². The zero-order valence-corrected chi connectivity index (χ0v) is 21.5. The van der Waals surface area contributed by atoms with Gasteiger partial charge in [-0.25, -0.2) is 0 Å². The third kappa shape index (κ3) is 7.31. The van der Waals surface area contributed by atoms with Crippen LogP contribution in [-0.4, -0.2) is 88.1 Å². The number of nitrogens with zero attached hydrogens (tertiary/aromatic N) is 1. The highest BCUT2D eigenvalue weighted by Gasteiger charge is 2.95. The van der Waals surface area contributed by atoms with E-state index < -0.39 is 88.1 Å². The van der Waals surface area contributed by atoms with Crippen molar-refractivity contribution in [1.29, 1.82) is 0 Å². The van der Waals surface area contributed by atoms with E-state index >= 15 is 0 Å². The monoisotopic (exact) mass is 869 g/mol. The molecule has 0 aromatic rings. The maximum absolute atomic E-state index is 12.9. The Kier molecular flexibility index (Phi) is 12.2. The summed E-state index contributed by atoms with van der Waals surface area (Å²) in [4.78, 5) is -11.1. The molecule has 292 valence electrons. The highest BCUT2D eigenvalue weighted by atomic mass is 79.9.